The minimum Gasteiger partial charge on any atom is -0.382 e. The monoisotopic (exact) mass is 303 g/mol. The molecule has 7 heteroatoms. The minimum absolute atomic E-state index is 0.541. The number of aryl methyl sites for hydroxylation is 1. The Morgan fingerprint density at radius 1 is 1.30 bits per heavy atom. The van der Waals surface area contributed by atoms with E-state index in [1.54, 1.807) is 23.7 Å². The van der Waals surface area contributed by atoms with Crippen molar-refractivity contribution in [1.82, 2.24) is 14.3 Å². The Hall–Kier alpha value is -1.99. The van der Waals surface area contributed by atoms with E-state index in [0.717, 1.165) is 21.1 Å². The van der Waals surface area contributed by atoms with Crippen molar-refractivity contribution in [1.29, 1.82) is 0 Å². The van der Waals surface area contributed by atoms with Crippen LogP contribution >= 0.6 is 22.9 Å². The van der Waals surface area contributed by atoms with Gasteiger partial charge in [-0.3, -0.25) is 4.98 Å². The highest BCUT2D eigenvalue weighted by molar-refractivity contribution is 7.12. The molecular weight excluding hydrogens is 290 g/mol. The zero-order chi connectivity index (χ0) is 13.9. The van der Waals surface area contributed by atoms with Gasteiger partial charge >= 0.3 is 0 Å². The van der Waals surface area contributed by atoms with Crippen LogP contribution in [0, 0.1) is 6.92 Å². The van der Waals surface area contributed by atoms with Crippen LogP contribution in [0.15, 0.2) is 30.7 Å². The zero-order valence-electron chi connectivity index (χ0n) is 10.8. The summed E-state index contributed by atoms with van der Waals surface area (Å²) in [6, 6.07) is 3.86. The molecule has 0 aliphatic heterocycles. The largest absolute Gasteiger partial charge is 0.382 e. The van der Waals surface area contributed by atoms with E-state index >= 15 is 0 Å². The number of nitrogens with zero attached hydrogens (tertiary/aromatic N) is 3. The summed E-state index contributed by atoms with van der Waals surface area (Å²) in [6.07, 6.45) is 5.38. The second-order valence-corrected chi connectivity index (χ2v) is 6.32. The SMILES string of the molecule is Cc1cnc(CNc2snc(N)c2-c2ccncc2)s1. The number of anilines is 2. The molecule has 0 bridgehead atoms. The molecule has 0 amide bonds. The van der Waals surface area contributed by atoms with Crippen LogP contribution in [0.5, 0.6) is 0 Å². The summed E-state index contributed by atoms with van der Waals surface area (Å²) in [6.45, 7) is 2.73. The average Bonchev–Trinajstić information content (AvgIpc) is 3.03. The quantitative estimate of drug-likeness (QED) is 0.774. The van der Waals surface area contributed by atoms with Crippen molar-refractivity contribution in [2.24, 2.45) is 0 Å². The van der Waals surface area contributed by atoms with Crippen molar-refractivity contribution in [3.05, 3.63) is 40.6 Å². The number of thiazole rings is 1. The molecule has 3 heterocycles. The highest BCUT2D eigenvalue weighted by Crippen LogP contribution is 2.36. The van der Waals surface area contributed by atoms with Crippen molar-refractivity contribution in [3.8, 4) is 11.1 Å². The van der Waals surface area contributed by atoms with Gasteiger partial charge in [0.05, 0.1) is 12.1 Å². The molecule has 0 aliphatic carbocycles. The standard InChI is InChI=1S/C13H13N5S2/c1-8-6-16-10(19-8)7-17-13-11(12(14)18-20-13)9-2-4-15-5-3-9/h2-6,17H,7H2,1H3,(H2,14,18). The van der Waals surface area contributed by atoms with Crippen molar-refractivity contribution in [2.45, 2.75) is 13.5 Å². The topological polar surface area (TPSA) is 76.7 Å². The molecule has 3 N–H and O–H groups in total. The van der Waals surface area contributed by atoms with Gasteiger partial charge in [-0.15, -0.1) is 11.3 Å². The fourth-order valence-corrected chi connectivity index (χ4v) is 3.32. The zero-order valence-corrected chi connectivity index (χ0v) is 12.5. The second-order valence-electron chi connectivity index (χ2n) is 4.23. The Morgan fingerprint density at radius 3 is 2.80 bits per heavy atom. The van der Waals surface area contributed by atoms with Crippen LogP contribution in [0.1, 0.15) is 9.88 Å². The van der Waals surface area contributed by atoms with Gasteiger partial charge in [-0.1, -0.05) is 0 Å². The van der Waals surface area contributed by atoms with E-state index in [0.29, 0.717) is 12.4 Å². The van der Waals surface area contributed by atoms with Crippen LogP contribution in [0.25, 0.3) is 11.1 Å². The van der Waals surface area contributed by atoms with Crippen LogP contribution in [-0.2, 0) is 6.54 Å². The second kappa shape index (κ2) is 5.56. The van der Waals surface area contributed by atoms with E-state index in [4.69, 9.17) is 5.73 Å². The molecule has 0 unspecified atom stereocenters. The minimum atomic E-state index is 0.541. The van der Waals surface area contributed by atoms with Crippen molar-refractivity contribution in [3.63, 3.8) is 0 Å². The Bertz CT molecular complexity index is 705. The van der Waals surface area contributed by atoms with Gasteiger partial charge in [0.2, 0.25) is 0 Å². The van der Waals surface area contributed by atoms with Crippen molar-refractivity contribution < 1.29 is 0 Å². The number of pyridine rings is 1. The number of hydrogen-bond acceptors (Lipinski definition) is 7. The Balaban J connectivity index is 1.84. The van der Waals surface area contributed by atoms with Crippen LogP contribution < -0.4 is 11.1 Å². The molecule has 0 spiro atoms. The van der Waals surface area contributed by atoms with Crippen molar-refractivity contribution in [2.75, 3.05) is 11.1 Å². The van der Waals surface area contributed by atoms with Gasteiger partial charge in [-0.25, -0.2) is 4.98 Å². The van der Waals surface area contributed by atoms with E-state index in [-0.39, 0.29) is 0 Å². The van der Waals surface area contributed by atoms with Crippen molar-refractivity contribution >= 4 is 33.7 Å². The third-order valence-electron chi connectivity index (χ3n) is 2.76. The molecule has 20 heavy (non-hydrogen) atoms. The maximum absolute atomic E-state index is 5.97. The Kier molecular flexibility index (Phi) is 3.62. The molecule has 0 saturated carbocycles. The normalized spacial score (nSPS) is 10.7. The van der Waals surface area contributed by atoms with Crippen LogP contribution in [-0.4, -0.2) is 14.3 Å². The third-order valence-corrected chi connectivity index (χ3v) is 4.49. The Labute approximate surface area is 124 Å². The van der Waals surface area contributed by atoms with Gasteiger partial charge in [0, 0.05) is 23.5 Å². The summed E-state index contributed by atoms with van der Waals surface area (Å²) in [5.41, 5.74) is 7.93. The predicted octanol–water partition coefficient (Wildman–Crippen LogP) is 3.16. The number of nitrogens with two attached hydrogens (primary N) is 1. The van der Waals surface area contributed by atoms with Gasteiger partial charge in [-0.05, 0) is 36.2 Å². The number of hydrogen-bond donors (Lipinski definition) is 2. The van der Waals surface area contributed by atoms with Gasteiger partial charge in [0.25, 0.3) is 0 Å². The summed E-state index contributed by atoms with van der Waals surface area (Å²) in [5, 5.41) is 5.38. The first kappa shape index (κ1) is 13.0. The molecule has 0 aromatic carbocycles. The third kappa shape index (κ3) is 2.63. The average molecular weight is 303 g/mol. The fraction of sp³-hybridized carbons (Fsp3) is 0.154. The molecule has 102 valence electrons. The highest BCUT2D eigenvalue weighted by Gasteiger charge is 2.13. The maximum Gasteiger partial charge on any atom is 0.147 e. The van der Waals surface area contributed by atoms with Gasteiger partial charge in [0.1, 0.15) is 15.8 Å². The molecule has 3 rings (SSSR count). The van der Waals surface area contributed by atoms with Crippen LogP contribution in [0.3, 0.4) is 0 Å². The van der Waals surface area contributed by atoms with Crippen LogP contribution in [0.2, 0.25) is 0 Å². The lowest BCUT2D eigenvalue weighted by Crippen LogP contribution is -1.99. The number of nitrogen functional groups attached to an aromatic ring is 1. The summed E-state index contributed by atoms with van der Waals surface area (Å²) >= 11 is 3.05. The molecule has 0 aliphatic rings. The predicted molar refractivity (Wildman–Crippen MR) is 83.9 cm³/mol. The lowest BCUT2D eigenvalue weighted by atomic mass is 10.1. The first-order valence-electron chi connectivity index (χ1n) is 6.05. The molecule has 0 radical (unpaired) electrons. The highest BCUT2D eigenvalue weighted by atomic mass is 32.1. The number of rotatable bonds is 4. The van der Waals surface area contributed by atoms with E-state index in [1.807, 2.05) is 25.3 Å². The molecule has 0 atom stereocenters. The summed E-state index contributed by atoms with van der Waals surface area (Å²) in [4.78, 5) is 9.57. The van der Waals surface area contributed by atoms with Crippen LogP contribution in [0.4, 0.5) is 10.8 Å². The van der Waals surface area contributed by atoms with Gasteiger partial charge in [-0.2, -0.15) is 4.37 Å². The van der Waals surface area contributed by atoms with E-state index < -0.39 is 0 Å². The first-order chi connectivity index (χ1) is 9.74. The molecule has 3 aromatic rings. The molecule has 0 saturated heterocycles. The summed E-state index contributed by atoms with van der Waals surface area (Å²) < 4.78 is 4.23. The smallest absolute Gasteiger partial charge is 0.147 e. The lowest BCUT2D eigenvalue weighted by molar-refractivity contribution is 1.11. The fourth-order valence-electron chi connectivity index (χ4n) is 1.86. The van der Waals surface area contributed by atoms with Gasteiger partial charge in [0.15, 0.2) is 0 Å². The molecule has 0 fully saturated rings. The van der Waals surface area contributed by atoms with E-state index in [9.17, 15) is 0 Å². The Morgan fingerprint density at radius 2 is 2.10 bits per heavy atom. The number of aromatic nitrogens is 3. The summed E-state index contributed by atoms with van der Waals surface area (Å²) in [5.74, 6) is 0.541. The number of nitrogens with one attached hydrogen (secondary N) is 1. The van der Waals surface area contributed by atoms with Gasteiger partial charge < -0.3 is 11.1 Å². The summed E-state index contributed by atoms with van der Waals surface area (Å²) in [7, 11) is 0. The molecular formula is C13H13N5S2. The maximum atomic E-state index is 5.97. The van der Waals surface area contributed by atoms with E-state index in [1.165, 1.54) is 16.4 Å². The molecule has 3 aromatic heterocycles. The lowest BCUT2D eigenvalue weighted by Gasteiger charge is -2.05. The molecule has 5 nitrogen and oxygen atoms in total. The van der Waals surface area contributed by atoms with E-state index in [2.05, 4.69) is 19.7 Å². The first-order valence-corrected chi connectivity index (χ1v) is 7.64.